The van der Waals surface area contributed by atoms with Gasteiger partial charge in [0.25, 0.3) is 11.8 Å². The first-order valence-electron chi connectivity index (χ1n) is 7.39. The third-order valence-corrected chi connectivity index (χ3v) is 4.05. The predicted molar refractivity (Wildman–Crippen MR) is 75.3 cm³/mol. The van der Waals surface area contributed by atoms with Crippen LogP contribution in [-0.2, 0) is 4.79 Å². The van der Waals surface area contributed by atoms with Gasteiger partial charge < -0.3 is 19.5 Å². The summed E-state index contributed by atoms with van der Waals surface area (Å²) in [6, 6.07) is 3.03. The van der Waals surface area contributed by atoms with Crippen LogP contribution < -0.4 is 10.2 Å². The van der Waals surface area contributed by atoms with E-state index in [9.17, 15) is 14.4 Å². The fraction of sp³-hybridized carbons (Fsp3) is 0.500. The van der Waals surface area contributed by atoms with Crippen LogP contribution in [-0.4, -0.2) is 73.5 Å². The number of imide groups is 1. The summed E-state index contributed by atoms with van der Waals surface area (Å²) in [5.41, 5.74) is 0. The zero-order chi connectivity index (χ0) is 15.5. The maximum Gasteiger partial charge on any atom is 0.324 e. The molecule has 118 valence electrons. The molecular formula is C14H19N4O4+. The summed E-state index contributed by atoms with van der Waals surface area (Å²) >= 11 is 0. The summed E-state index contributed by atoms with van der Waals surface area (Å²) < 4.78 is 5.12. The average molecular weight is 307 g/mol. The van der Waals surface area contributed by atoms with Crippen LogP contribution in [0.2, 0.25) is 0 Å². The number of nitrogens with one attached hydrogen (secondary N) is 2. The summed E-state index contributed by atoms with van der Waals surface area (Å²) in [5.74, 6) is 0.0679. The monoisotopic (exact) mass is 307 g/mol. The number of hydrogen-bond acceptors (Lipinski definition) is 4. The molecular weight excluding hydrogens is 288 g/mol. The molecule has 0 spiro atoms. The lowest BCUT2D eigenvalue weighted by Crippen LogP contribution is -3.15. The lowest BCUT2D eigenvalue weighted by Gasteiger charge is -2.31. The SMILES string of the molecule is O=C(c1ccco1)N1CC[NH+](CC(=O)N2CCNC2=O)CC1. The number of hydrogen-bond donors (Lipinski definition) is 2. The third kappa shape index (κ3) is 2.96. The lowest BCUT2D eigenvalue weighted by molar-refractivity contribution is -0.896. The Morgan fingerprint density at radius 2 is 2.05 bits per heavy atom. The number of urea groups is 1. The van der Waals surface area contributed by atoms with Crippen molar-refractivity contribution in [3.05, 3.63) is 24.2 Å². The molecule has 0 atom stereocenters. The van der Waals surface area contributed by atoms with Gasteiger partial charge in [-0.3, -0.25) is 14.5 Å². The Morgan fingerprint density at radius 3 is 2.64 bits per heavy atom. The fourth-order valence-electron chi connectivity index (χ4n) is 2.78. The van der Waals surface area contributed by atoms with Crippen LogP contribution in [0.5, 0.6) is 0 Å². The second-order valence-electron chi connectivity index (χ2n) is 5.47. The fourth-order valence-corrected chi connectivity index (χ4v) is 2.78. The van der Waals surface area contributed by atoms with Crippen molar-refractivity contribution in [1.29, 1.82) is 0 Å². The molecule has 0 bridgehead atoms. The van der Waals surface area contributed by atoms with Crippen LogP contribution in [0.1, 0.15) is 10.6 Å². The minimum Gasteiger partial charge on any atom is -0.459 e. The van der Waals surface area contributed by atoms with Gasteiger partial charge >= 0.3 is 6.03 Å². The molecule has 1 aromatic heterocycles. The Morgan fingerprint density at radius 1 is 1.27 bits per heavy atom. The van der Waals surface area contributed by atoms with Gasteiger partial charge in [0.1, 0.15) is 0 Å². The van der Waals surface area contributed by atoms with Crippen molar-refractivity contribution in [3.63, 3.8) is 0 Å². The van der Waals surface area contributed by atoms with Gasteiger partial charge in [0, 0.05) is 13.1 Å². The maximum absolute atomic E-state index is 12.1. The molecule has 8 heteroatoms. The van der Waals surface area contributed by atoms with Crippen molar-refractivity contribution in [2.45, 2.75) is 0 Å². The van der Waals surface area contributed by atoms with Gasteiger partial charge in [-0.2, -0.15) is 0 Å². The summed E-state index contributed by atoms with van der Waals surface area (Å²) in [6.07, 6.45) is 1.48. The summed E-state index contributed by atoms with van der Waals surface area (Å²) in [4.78, 5) is 39.7. The van der Waals surface area contributed by atoms with E-state index in [4.69, 9.17) is 4.42 Å². The highest BCUT2D eigenvalue weighted by Crippen LogP contribution is 2.05. The summed E-state index contributed by atoms with van der Waals surface area (Å²) in [5, 5.41) is 2.62. The molecule has 22 heavy (non-hydrogen) atoms. The van der Waals surface area contributed by atoms with Crippen LogP contribution in [0.15, 0.2) is 22.8 Å². The second kappa shape index (κ2) is 6.18. The van der Waals surface area contributed by atoms with Crippen LogP contribution in [0.4, 0.5) is 4.79 Å². The van der Waals surface area contributed by atoms with E-state index in [-0.39, 0.29) is 24.4 Å². The molecule has 0 aliphatic carbocycles. The van der Waals surface area contributed by atoms with Crippen molar-refractivity contribution in [2.75, 3.05) is 45.8 Å². The molecule has 3 heterocycles. The maximum atomic E-state index is 12.1. The van der Waals surface area contributed by atoms with Crippen molar-refractivity contribution in [3.8, 4) is 0 Å². The number of nitrogens with zero attached hydrogens (tertiary/aromatic N) is 2. The Kier molecular flexibility index (Phi) is 4.10. The van der Waals surface area contributed by atoms with E-state index in [2.05, 4.69) is 5.32 Å². The molecule has 3 rings (SSSR count). The van der Waals surface area contributed by atoms with Crippen LogP contribution >= 0.6 is 0 Å². The highest BCUT2D eigenvalue weighted by molar-refractivity contribution is 5.96. The number of furan rings is 1. The number of carbonyl (C=O) groups is 3. The Labute approximate surface area is 127 Å². The van der Waals surface area contributed by atoms with E-state index in [1.165, 1.54) is 11.2 Å². The molecule has 0 radical (unpaired) electrons. The smallest absolute Gasteiger partial charge is 0.324 e. The van der Waals surface area contributed by atoms with Crippen molar-refractivity contribution in [1.82, 2.24) is 15.1 Å². The number of rotatable bonds is 3. The molecule has 2 N–H and O–H groups in total. The first-order chi connectivity index (χ1) is 10.6. The standard InChI is InChI=1S/C14H18N4O4/c19-12(18-4-3-15-14(18)21)10-16-5-7-17(8-6-16)13(20)11-2-1-9-22-11/h1-2,9H,3-8,10H2,(H,15,21)/p+1. The van der Waals surface area contributed by atoms with Gasteiger partial charge in [-0.15, -0.1) is 0 Å². The van der Waals surface area contributed by atoms with Crippen LogP contribution in [0.3, 0.4) is 0 Å². The topological polar surface area (TPSA) is 87.3 Å². The highest BCUT2D eigenvalue weighted by atomic mass is 16.3. The van der Waals surface area contributed by atoms with E-state index < -0.39 is 0 Å². The number of carbonyl (C=O) groups excluding carboxylic acids is 3. The predicted octanol–water partition coefficient (Wildman–Crippen LogP) is -1.83. The van der Waals surface area contributed by atoms with Gasteiger partial charge in [-0.1, -0.05) is 0 Å². The normalized spacial score (nSPS) is 19.4. The second-order valence-corrected chi connectivity index (χ2v) is 5.47. The molecule has 4 amide bonds. The molecule has 8 nitrogen and oxygen atoms in total. The quantitative estimate of drug-likeness (QED) is 0.688. The summed E-state index contributed by atoms with van der Waals surface area (Å²) in [6.45, 7) is 3.78. The molecule has 0 saturated carbocycles. The van der Waals surface area contributed by atoms with E-state index in [0.717, 1.165) is 4.90 Å². The molecule has 2 saturated heterocycles. The Hall–Kier alpha value is -2.35. The van der Waals surface area contributed by atoms with Crippen molar-refractivity contribution < 1.29 is 23.7 Å². The highest BCUT2D eigenvalue weighted by Gasteiger charge is 2.31. The van der Waals surface area contributed by atoms with E-state index in [0.29, 0.717) is 45.0 Å². The number of piperazine rings is 1. The molecule has 2 fully saturated rings. The largest absolute Gasteiger partial charge is 0.459 e. The van der Waals surface area contributed by atoms with Crippen LogP contribution in [0, 0.1) is 0 Å². The third-order valence-electron chi connectivity index (χ3n) is 4.05. The lowest BCUT2D eigenvalue weighted by atomic mass is 10.2. The Bertz CT molecular complexity index is 563. The molecule has 2 aliphatic heterocycles. The zero-order valence-electron chi connectivity index (χ0n) is 12.2. The first-order valence-corrected chi connectivity index (χ1v) is 7.39. The minimum absolute atomic E-state index is 0.116. The average Bonchev–Trinajstić information content (AvgIpc) is 3.18. The van der Waals surface area contributed by atoms with E-state index >= 15 is 0 Å². The van der Waals surface area contributed by atoms with Gasteiger partial charge in [-0.05, 0) is 12.1 Å². The summed E-state index contributed by atoms with van der Waals surface area (Å²) in [7, 11) is 0. The molecule has 1 aromatic rings. The van der Waals surface area contributed by atoms with Crippen molar-refractivity contribution >= 4 is 17.8 Å². The zero-order valence-corrected chi connectivity index (χ0v) is 12.2. The Balaban J connectivity index is 1.48. The number of quaternary nitrogens is 1. The van der Waals surface area contributed by atoms with Crippen LogP contribution in [0.25, 0.3) is 0 Å². The van der Waals surface area contributed by atoms with Gasteiger partial charge in [-0.25, -0.2) is 4.79 Å². The van der Waals surface area contributed by atoms with E-state index in [1.54, 1.807) is 17.0 Å². The van der Waals surface area contributed by atoms with Gasteiger partial charge in [0.15, 0.2) is 12.3 Å². The van der Waals surface area contributed by atoms with Gasteiger partial charge in [0.05, 0.1) is 32.4 Å². The molecule has 0 aromatic carbocycles. The molecule has 0 unspecified atom stereocenters. The minimum atomic E-state index is -0.309. The van der Waals surface area contributed by atoms with Gasteiger partial charge in [0.2, 0.25) is 0 Å². The first kappa shape index (κ1) is 14.6. The number of amides is 4. The molecule has 2 aliphatic rings. The van der Waals surface area contributed by atoms with Crippen molar-refractivity contribution in [2.24, 2.45) is 0 Å². The van der Waals surface area contributed by atoms with E-state index in [1.807, 2.05) is 0 Å².